The number of amides is 1. The number of hydrogen-bond donors (Lipinski definition) is 1. The van der Waals surface area contributed by atoms with Gasteiger partial charge in [0.1, 0.15) is 16.1 Å². The van der Waals surface area contributed by atoms with Crippen molar-refractivity contribution in [1.82, 2.24) is 9.29 Å². The molecule has 1 aliphatic heterocycles. The highest BCUT2D eigenvalue weighted by atomic mass is 32.2. The van der Waals surface area contributed by atoms with Crippen LogP contribution in [0.4, 0.5) is 5.00 Å². The van der Waals surface area contributed by atoms with E-state index in [1.165, 1.54) is 14.7 Å². The first-order valence-electron chi connectivity index (χ1n) is 12.3. The van der Waals surface area contributed by atoms with Gasteiger partial charge in [-0.05, 0) is 75.3 Å². The minimum Gasteiger partial charge on any atom is -0.316 e. The molecule has 0 spiro atoms. The van der Waals surface area contributed by atoms with Gasteiger partial charge in [0.15, 0.2) is 0 Å². The van der Waals surface area contributed by atoms with E-state index in [1.807, 2.05) is 25.1 Å². The molecule has 1 aliphatic carbocycles. The zero-order valence-corrected chi connectivity index (χ0v) is 22.4. The first-order chi connectivity index (χ1) is 17.4. The molecule has 1 atom stereocenters. The first kappa shape index (κ1) is 23.8. The number of sulfonamides is 1. The van der Waals surface area contributed by atoms with E-state index in [0.29, 0.717) is 19.4 Å². The summed E-state index contributed by atoms with van der Waals surface area (Å²) in [7, 11) is -3.76. The van der Waals surface area contributed by atoms with Gasteiger partial charge in [-0.1, -0.05) is 29.8 Å². The zero-order valence-electron chi connectivity index (χ0n) is 20.0. The zero-order chi connectivity index (χ0) is 24.9. The van der Waals surface area contributed by atoms with Crippen LogP contribution >= 0.6 is 22.7 Å². The Balaban J connectivity index is 1.34. The van der Waals surface area contributed by atoms with Crippen LogP contribution in [0.5, 0.6) is 0 Å². The molecular weight excluding hydrogens is 511 g/mol. The summed E-state index contributed by atoms with van der Waals surface area (Å²) in [5.41, 5.74) is 4.26. The smallest absolute Gasteiger partial charge is 0.243 e. The number of rotatable bonds is 5. The third-order valence-corrected chi connectivity index (χ3v) is 11.2. The Labute approximate surface area is 219 Å². The van der Waals surface area contributed by atoms with Gasteiger partial charge in [-0.3, -0.25) is 4.79 Å². The standard InChI is InChI=1S/C27H27N3O3S3/c1-17-12-14-18(15-13-17)36(32,33)30-16-6-9-21(30)25(31)29-27-24(19-7-2-4-10-22(19)34-27)26-28-20-8-3-5-11-23(20)35-26/h3,5,8,11-15,21H,2,4,6-7,9-10,16H2,1H3,(H,29,31). The molecule has 0 saturated carbocycles. The second-order valence-corrected chi connectivity index (χ2v) is 13.5. The molecule has 9 heteroatoms. The minimum absolute atomic E-state index is 0.231. The molecule has 1 saturated heterocycles. The second kappa shape index (κ2) is 9.37. The van der Waals surface area contributed by atoms with Gasteiger partial charge < -0.3 is 5.32 Å². The van der Waals surface area contributed by atoms with Crippen molar-refractivity contribution in [3.8, 4) is 10.6 Å². The van der Waals surface area contributed by atoms with E-state index in [0.717, 1.165) is 57.0 Å². The molecule has 1 unspecified atom stereocenters. The van der Waals surface area contributed by atoms with Crippen molar-refractivity contribution >= 4 is 53.8 Å². The number of carbonyl (C=O) groups is 1. The molecule has 0 bridgehead atoms. The minimum atomic E-state index is -3.76. The number of nitrogens with one attached hydrogen (secondary N) is 1. The van der Waals surface area contributed by atoms with E-state index in [4.69, 9.17) is 4.98 Å². The summed E-state index contributed by atoms with van der Waals surface area (Å²) in [6, 6.07) is 14.2. The van der Waals surface area contributed by atoms with Gasteiger partial charge in [0.25, 0.3) is 0 Å². The Kier molecular flexibility index (Phi) is 6.19. The maximum atomic E-state index is 13.6. The van der Waals surface area contributed by atoms with Gasteiger partial charge >= 0.3 is 0 Å². The maximum absolute atomic E-state index is 13.6. The number of benzene rings is 2. The number of thiophene rings is 1. The summed E-state index contributed by atoms with van der Waals surface area (Å²) >= 11 is 3.27. The predicted molar refractivity (Wildman–Crippen MR) is 146 cm³/mol. The molecule has 3 heterocycles. The summed E-state index contributed by atoms with van der Waals surface area (Å²) in [6.45, 7) is 2.27. The van der Waals surface area contributed by atoms with E-state index >= 15 is 0 Å². The number of hydrogen-bond acceptors (Lipinski definition) is 6. The van der Waals surface area contributed by atoms with Gasteiger partial charge in [-0.2, -0.15) is 4.31 Å². The summed E-state index contributed by atoms with van der Waals surface area (Å²) in [6.07, 6.45) is 5.42. The topological polar surface area (TPSA) is 79.4 Å². The average Bonchev–Trinajstić information content (AvgIpc) is 3.60. The lowest BCUT2D eigenvalue weighted by molar-refractivity contribution is -0.119. The highest BCUT2D eigenvalue weighted by molar-refractivity contribution is 7.89. The van der Waals surface area contributed by atoms with Gasteiger partial charge in [0.2, 0.25) is 15.9 Å². The maximum Gasteiger partial charge on any atom is 0.243 e. The SMILES string of the molecule is Cc1ccc(S(=O)(=O)N2CCCC2C(=O)Nc2sc3c(c2-c2nc4ccccc4s2)CCCC3)cc1. The van der Waals surface area contributed by atoms with Crippen LogP contribution in [-0.2, 0) is 27.7 Å². The number of thiazole rings is 1. The van der Waals surface area contributed by atoms with Crippen LogP contribution in [0.2, 0.25) is 0 Å². The third kappa shape index (κ3) is 4.18. The van der Waals surface area contributed by atoms with Crippen molar-refractivity contribution in [2.75, 3.05) is 11.9 Å². The monoisotopic (exact) mass is 537 g/mol. The molecule has 1 N–H and O–H groups in total. The van der Waals surface area contributed by atoms with Crippen LogP contribution in [-0.4, -0.2) is 36.2 Å². The van der Waals surface area contributed by atoms with Crippen LogP contribution in [0.1, 0.15) is 41.7 Å². The van der Waals surface area contributed by atoms with Gasteiger partial charge in [0.05, 0.1) is 15.1 Å². The van der Waals surface area contributed by atoms with Crippen LogP contribution in [0.3, 0.4) is 0 Å². The first-order valence-corrected chi connectivity index (χ1v) is 15.4. The van der Waals surface area contributed by atoms with E-state index in [1.54, 1.807) is 46.9 Å². The van der Waals surface area contributed by atoms with Crippen molar-refractivity contribution in [2.45, 2.75) is 56.4 Å². The third-order valence-electron chi connectivity index (χ3n) is 7.05. The molecule has 1 fully saturated rings. The largest absolute Gasteiger partial charge is 0.316 e. The van der Waals surface area contributed by atoms with E-state index in [9.17, 15) is 13.2 Å². The van der Waals surface area contributed by atoms with Gasteiger partial charge in [0, 0.05) is 17.0 Å². The number of anilines is 1. The predicted octanol–water partition coefficient (Wildman–Crippen LogP) is 6.00. The molecular formula is C27H27N3O3S3. The Morgan fingerprint density at radius 2 is 1.81 bits per heavy atom. The molecule has 2 aromatic heterocycles. The van der Waals surface area contributed by atoms with Crippen molar-refractivity contribution in [3.05, 3.63) is 64.5 Å². The molecule has 6 rings (SSSR count). The van der Waals surface area contributed by atoms with Crippen LogP contribution in [0.25, 0.3) is 20.8 Å². The van der Waals surface area contributed by atoms with Gasteiger partial charge in [-0.25, -0.2) is 13.4 Å². The number of para-hydroxylation sites is 1. The number of carbonyl (C=O) groups excluding carboxylic acids is 1. The lowest BCUT2D eigenvalue weighted by atomic mass is 9.95. The summed E-state index contributed by atoms with van der Waals surface area (Å²) in [4.78, 5) is 20.0. The van der Waals surface area contributed by atoms with Crippen molar-refractivity contribution in [3.63, 3.8) is 0 Å². The van der Waals surface area contributed by atoms with E-state index in [-0.39, 0.29) is 10.8 Å². The summed E-state index contributed by atoms with van der Waals surface area (Å²) in [5, 5.41) is 4.87. The van der Waals surface area contributed by atoms with Crippen LogP contribution in [0.15, 0.2) is 53.4 Å². The highest BCUT2D eigenvalue weighted by Crippen LogP contribution is 2.46. The Morgan fingerprint density at radius 1 is 1.03 bits per heavy atom. The number of aromatic nitrogens is 1. The van der Waals surface area contributed by atoms with Crippen LogP contribution in [0, 0.1) is 6.92 Å². The van der Waals surface area contributed by atoms with E-state index < -0.39 is 16.1 Å². The molecule has 6 nitrogen and oxygen atoms in total. The average molecular weight is 538 g/mol. The summed E-state index contributed by atoms with van der Waals surface area (Å²) in [5.74, 6) is -0.260. The number of nitrogens with zero attached hydrogens (tertiary/aromatic N) is 2. The van der Waals surface area contributed by atoms with Crippen LogP contribution < -0.4 is 5.32 Å². The molecule has 1 amide bonds. The number of aryl methyl sites for hydroxylation is 2. The van der Waals surface area contributed by atoms with Crippen molar-refractivity contribution in [2.24, 2.45) is 0 Å². The quantitative estimate of drug-likeness (QED) is 0.338. The van der Waals surface area contributed by atoms with Gasteiger partial charge in [-0.15, -0.1) is 22.7 Å². The fraction of sp³-hybridized carbons (Fsp3) is 0.333. The second-order valence-electron chi connectivity index (χ2n) is 9.48. The molecule has 186 valence electrons. The molecule has 36 heavy (non-hydrogen) atoms. The summed E-state index contributed by atoms with van der Waals surface area (Å²) < 4.78 is 29.3. The fourth-order valence-electron chi connectivity index (χ4n) is 5.19. The Bertz CT molecular complexity index is 1520. The fourth-order valence-corrected chi connectivity index (χ4v) is 9.25. The Morgan fingerprint density at radius 3 is 2.61 bits per heavy atom. The van der Waals surface area contributed by atoms with Crippen molar-refractivity contribution in [1.29, 1.82) is 0 Å². The molecule has 4 aromatic rings. The molecule has 0 radical (unpaired) electrons. The lowest BCUT2D eigenvalue weighted by Crippen LogP contribution is -2.43. The highest BCUT2D eigenvalue weighted by Gasteiger charge is 2.40. The lowest BCUT2D eigenvalue weighted by Gasteiger charge is -2.23. The van der Waals surface area contributed by atoms with E-state index in [2.05, 4.69) is 11.4 Å². The molecule has 2 aliphatic rings. The number of fused-ring (bicyclic) bond motifs is 2. The van der Waals surface area contributed by atoms with Crippen molar-refractivity contribution < 1.29 is 13.2 Å². The molecule has 2 aromatic carbocycles. The normalized spacial score (nSPS) is 18.4. The Hall–Kier alpha value is -2.59.